The van der Waals surface area contributed by atoms with Gasteiger partial charge in [-0.05, 0) is 138 Å². The average Bonchev–Trinajstić information content (AvgIpc) is 3.64. The molecule has 0 fully saturated rings. The van der Waals surface area contributed by atoms with Crippen LogP contribution in [0, 0.1) is 28.1 Å². The fourth-order valence-electron chi connectivity index (χ4n) is 8.59. The lowest BCUT2D eigenvalue weighted by Crippen LogP contribution is -2.33. The number of hydrogen-bond acceptors (Lipinski definition) is 4. The number of aromatic nitrogens is 1. The zero-order chi connectivity index (χ0) is 44.0. The molecular weight excluding hydrogens is 781 g/mol. The normalized spacial score (nSPS) is 16.3. The second-order valence-electron chi connectivity index (χ2n) is 17.3. The van der Waals surface area contributed by atoms with Crippen LogP contribution in [0.1, 0.15) is 70.9 Å². The van der Waals surface area contributed by atoms with E-state index in [1.165, 1.54) is 27.7 Å². The number of benzene rings is 4. The van der Waals surface area contributed by atoms with Crippen LogP contribution in [0.25, 0.3) is 39.3 Å². The quantitative estimate of drug-likeness (QED) is 0.146. The van der Waals surface area contributed by atoms with Crippen molar-refractivity contribution in [1.29, 1.82) is 10.5 Å². The first kappa shape index (κ1) is 43.2. The second-order valence-corrected chi connectivity index (χ2v) is 18.4. The van der Waals surface area contributed by atoms with Gasteiger partial charge in [-0.2, -0.15) is 10.5 Å². The molecule has 4 aromatic carbocycles. The Kier molecular flexibility index (Phi) is 12.8. The standard InChI is InChI=1S/C55H52N4O2S/c1-37(46-20-11-12-22-48(46)49-23-13-14-24-51(49)58-53(60)61)55(6,34-39-25-26-40-16-7-8-18-43(40)32-39)30-15-19-41-27-28-44(50(41)36-57)33-45(35-56)52-59(54(3,4)5)31-29-42-17-9-10-21-47(42)38(2)62-52/h7-10,13-26,29,31-33,58H,1-2,11-12,27-28,30,34H2,3-6H3,(H,60,61)/b19-15+,31-29?,44-33+,52-45-. The number of carboxylic acid groups (broad SMARTS) is 1. The number of anilines is 1. The molecule has 7 rings (SSSR count). The third-order valence-corrected chi connectivity index (χ3v) is 13.0. The van der Waals surface area contributed by atoms with E-state index in [1.54, 1.807) is 6.07 Å². The highest BCUT2D eigenvalue weighted by Crippen LogP contribution is 2.46. The lowest BCUT2D eigenvalue weighted by atomic mass is 9.69. The second kappa shape index (κ2) is 18.4. The van der Waals surface area contributed by atoms with Crippen molar-refractivity contribution in [1.82, 2.24) is 4.57 Å². The molecule has 7 heteroatoms. The van der Waals surface area contributed by atoms with E-state index in [4.69, 9.17) is 6.58 Å². The van der Waals surface area contributed by atoms with Gasteiger partial charge in [-0.15, -0.1) is 11.3 Å². The first-order chi connectivity index (χ1) is 29.8. The molecule has 0 bridgehead atoms. The molecule has 1 amide bonds. The van der Waals surface area contributed by atoms with Crippen molar-refractivity contribution >= 4 is 62.4 Å². The van der Waals surface area contributed by atoms with Gasteiger partial charge < -0.3 is 9.67 Å². The van der Waals surface area contributed by atoms with Crippen LogP contribution in [0.4, 0.5) is 10.5 Å². The SMILES string of the molecule is C=C(C1=CCCC=C1c1ccccc1NC(=O)O)C(C)(C/C=C/C1=C(C#N)C(=C/C(C#N)=c2/sc(=C)c3ccccc3ccn2C(C)(C)C)/CC1)Cc1ccc2ccccc2c1. The summed E-state index contributed by atoms with van der Waals surface area (Å²) in [7, 11) is 0. The average molecular weight is 833 g/mol. The largest absolute Gasteiger partial charge is 0.465 e. The molecule has 62 heavy (non-hydrogen) atoms. The molecule has 2 aliphatic carbocycles. The molecule has 1 unspecified atom stereocenters. The number of nitrogens with one attached hydrogen (secondary N) is 1. The molecule has 1 aromatic heterocycles. The van der Waals surface area contributed by atoms with Gasteiger partial charge >= 0.3 is 6.09 Å². The van der Waals surface area contributed by atoms with Crippen molar-refractivity contribution in [3.8, 4) is 12.1 Å². The summed E-state index contributed by atoms with van der Waals surface area (Å²) < 4.78 is 3.76. The summed E-state index contributed by atoms with van der Waals surface area (Å²) >= 11 is 1.49. The minimum absolute atomic E-state index is 0.337. The number of nitriles is 2. The Morgan fingerprint density at radius 3 is 2.35 bits per heavy atom. The van der Waals surface area contributed by atoms with Gasteiger partial charge in [0.05, 0.1) is 22.9 Å². The van der Waals surface area contributed by atoms with Crippen LogP contribution in [0.15, 0.2) is 168 Å². The van der Waals surface area contributed by atoms with Crippen molar-refractivity contribution in [3.05, 3.63) is 188 Å². The monoisotopic (exact) mass is 832 g/mol. The Morgan fingerprint density at radius 2 is 1.61 bits per heavy atom. The van der Waals surface area contributed by atoms with Crippen LogP contribution in [-0.2, 0) is 12.0 Å². The van der Waals surface area contributed by atoms with Crippen molar-refractivity contribution in [2.24, 2.45) is 5.41 Å². The number of rotatable bonds is 10. The summed E-state index contributed by atoms with van der Waals surface area (Å²) in [6.45, 7) is 17.8. The van der Waals surface area contributed by atoms with Gasteiger partial charge in [-0.3, -0.25) is 5.32 Å². The van der Waals surface area contributed by atoms with Crippen molar-refractivity contribution in [2.75, 3.05) is 5.32 Å². The van der Waals surface area contributed by atoms with Crippen LogP contribution in [0.5, 0.6) is 0 Å². The lowest BCUT2D eigenvalue weighted by molar-refractivity contribution is 0.209. The molecule has 310 valence electrons. The zero-order valence-corrected chi connectivity index (χ0v) is 36.8. The molecule has 1 heterocycles. The molecule has 1 atom stereocenters. The predicted molar refractivity (Wildman–Crippen MR) is 258 cm³/mol. The van der Waals surface area contributed by atoms with Crippen LogP contribution in [0.3, 0.4) is 0 Å². The summed E-state index contributed by atoms with van der Waals surface area (Å²) in [6, 6.07) is 37.7. The maximum absolute atomic E-state index is 11.8. The van der Waals surface area contributed by atoms with Gasteiger partial charge in [0.2, 0.25) is 0 Å². The molecule has 2 aliphatic rings. The van der Waals surface area contributed by atoms with Gasteiger partial charge in [0.25, 0.3) is 0 Å². The Morgan fingerprint density at radius 1 is 0.903 bits per heavy atom. The van der Waals surface area contributed by atoms with Crippen molar-refractivity contribution in [3.63, 3.8) is 0 Å². The van der Waals surface area contributed by atoms with Gasteiger partial charge in [-0.25, -0.2) is 4.79 Å². The molecule has 0 spiro atoms. The summed E-state index contributed by atoms with van der Waals surface area (Å²) in [6.07, 6.45) is 15.9. The number of amides is 1. The summed E-state index contributed by atoms with van der Waals surface area (Å²) in [5.74, 6) is 0. The van der Waals surface area contributed by atoms with Gasteiger partial charge in [0, 0.05) is 21.8 Å². The van der Waals surface area contributed by atoms with Crippen molar-refractivity contribution < 1.29 is 9.90 Å². The number of nitrogens with zero attached hydrogens (tertiary/aromatic N) is 3. The Balaban J connectivity index is 1.28. The first-order valence-corrected chi connectivity index (χ1v) is 21.9. The van der Waals surface area contributed by atoms with Crippen LogP contribution >= 0.6 is 11.3 Å². The third kappa shape index (κ3) is 9.35. The van der Waals surface area contributed by atoms with E-state index >= 15 is 0 Å². The first-order valence-electron chi connectivity index (χ1n) is 21.1. The number of para-hydroxylation sites is 1. The van der Waals surface area contributed by atoms with Crippen molar-refractivity contribution in [2.45, 2.75) is 71.8 Å². The van der Waals surface area contributed by atoms with Gasteiger partial charge in [0.15, 0.2) is 0 Å². The fourth-order valence-corrected chi connectivity index (χ4v) is 9.77. The molecule has 5 aromatic rings. The Bertz CT molecular complexity index is 3040. The molecule has 6 nitrogen and oxygen atoms in total. The molecular formula is C55H52N4O2S. The van der Waals surface area contributed by atoms with Crippen LogP contribution in [-0.4, -0.2) is 15.8 Å². The minimum Gasteiger partial charge on any atom is -0.465 e. The van der Waals surface area contributed by atoms with E-state index in [2.05, 4.69) is 141 Å². The van der Waals surface area contributed by atoms with E-state index in [-0.39, 0.29) is 5.54 Å². The molecule has 0 saturated heterocycles. The van der Waals surface area contributed by atoms with Gasteiger partial charge in [-0.1, -0.05) is 129 Å². The maximum atomic E-state index is 11.8. The van der Waals surface area contributed by atoms with Crippen LogP contribution in [0.2, 0.25) is 0 Å². The molecule has 0 radical (unpaired) electrons. The molecule has 0 aliphatic heterocycles. The van der Waals surface area contributed by atoms with Crippen LogP contribution < -0.4 is 14.5 Å². The smallest absolute Gasteiger partial charge is 0.409 e. The fraction of sp³-hybridized carbons (Fsp3) is 0.218. The summed E-state index contributed by atoms with van der Waals surface area (Å²) in [4.78, 5) is 11.8. The highest BCUT2D eigenvalue weighted by atomic mass is 32.1. The molecule has 0 saturated carbocycles. The number of fused-ring (bicyclic) bond motifs is 2. The highest BCUT2D eigenvalue weighted by molar-refractivity contribution is 7.07. The Hall–Kier alpha value is -6.93. The highest BCUT2D eigenvalue weighted by Gasteiger charge is 2.32. The predicted octanol–water partition coefficient (Wildman–Crippen LogP) is 13.0. The van der Waals surface area contributed by atoms with E-state index in [9.17, 15) is 20.4 Å². The van der Waals surface area contributed by atoms with E-state index in [1.807, 2.05) is 42.6 Å². The Labute approximate surface area is 368 Å². The summed E-state index contributed by atoms with van der Waals surface area (Å²) in [5.41, 5.74) is 7.59. The minimum atomic E-state index is -1.11. The van der Waals surface area contributed by atoms with E-state index in [0.29, 0.717) is 42.5 Å². The maximum Gasteiger partial charge on any atom is 0.409 e. The van der Waals surface area contributed by atoms with Gasteiger partial charge in [0.1, 0.15) is 10.7 Å². The van der Waals surface area contributed by atoms with E-state index < -0.39 is 11.5 Å². The zero-order valence-electron chi connectivity index (χ0n) is 36.0. The number of carbonyl (C=O) groups is 1. The van der Waals surface area contributed by atoms with E-state index in [0.717, 1.165) is 66.2 Å². The third-order valence-electron chi connectivity index (χ3n) is 11.9. The molecule has 2 N–H and O–H groups in total. The topological polar surface area (TPSA) is 102 Å². The lowest BCUT2D eigenvalue weighted by Gasteiger charge is -2.35. The summed E-state index contributed by atoms with van der Waals surface area (Å²) in [5, 5.41) is 38.1. The number of hydrogen-bond donors (Lipinski definition) is 2. The number of allylic oxidation sites excluding steroid dienone is 11.